The summed E-state index contributed by atoms with van der Waals surface area (Å²) in [6.07, 6.45) is 0.778. The van der Waals surface area contributed by atoms with Gasteiger partial charge in [-0.1, -0.05) is 6.92 Å². The summed E-state index contributed by atoms with van der Waals surface area (Å²) in [4.78, 5) is 11.1. The van der Waals surface area contributed by atoms with Gasteiger partial charge in [0.2, 0.25) is 0 Å². The van der Waals surface area contributed by atoms with Gasteiger partial charge < -0.3 is 14.7 Å². The molecule has 1 N–H and O–H groups in total. The maximum Gasteiger partial charge on any atom is 0.132 e. The Morgan fingerprint density at radius 3 is 2.94 bits per heavy atom. The molecule has 100 valence electrons. The molecule has 1 aromatic rings. The number of aromatic nitrogens is 2. The van der Waals surface area contributed by atoms with Crippen LogP contribution in [0.2, 0.25) is 0 Å². The van der Waals surface area contributed by atoms with Crippen LogP contribution < -0.4 is 4.90 Å². The molecule has 2 rings (SSSR count). The summed E-state index contributed by atoms with van der Waals surface area (Å²) in [5.41, 5.74) is 1.05. The maximum absolute atomic E-state index is 9.21. The van der Waals surface area contributed by atoms with E-state index in [1.54, 1.807) is 0 Å². The largest absolute Gasteiger partial charge is 0.394 e. The second-order valence-electron chi connectivity index (χ2n) is 4.76. The van der Waals surface area contributed by atoms with Gasteiger partial charge in [-0.25, -0.2) is 9.97 Å². The van der Waals surface area contributed by atoms with Crippen molar-refractivity contribution in [3.05, 3.63) is 17.6 Å². The van der Waals surface area contributed by atoms with Crippen LogP contribution in [0.15, 0.2) is 6.07 Å². The molecule has 0 bridgehead atoms. The molecule has 0 amide bonds. The first-order valence-corrected chi connectivity index (χ1v) is 6.47. The molecule has 0 aromatic carbocycles. The van der Waals surface area contributed by atoms with Gasteiger partial charge in [-0.05, 0) is 20.3 Å². The molecule has 1 aliphatic heterocycles. The Morgan fingerprint density at radius 1 is 1.50 bits per heavy atom. The maximum atomic E-state index is 9.21. The number of aliphatic hydroxyl groups excluding tert-OH is 1. The lowest BCUT2D eigenvalue weighted by atomic mass is 10.2. The molecular weight excluding hydrogens is 230 g/mol. The van der Waals surface area contributed by atoms with Gasteiger partial charge in [0.05, 0.1) is 25.4 Å². The van der Waals surface area contributed by atoms with Crippen LogP contribution in [0.5, 0.6) is 0 Å². The normalized spacial score (nSPS) is 24.3. The summed E-state index contributed by atoms with van der Waals surface area (Å²) >= 11 is 0. The van der Waals surface area contributed by atoms with Gasteiger partial charge in [0.1, 0.15) is 11.6 Å². The van der Waals surface area contributed by atoms with E-state index in [4.69, 9.17) is 4.74 Å². The molecule has 2 unspecified atom stereocenters. The van der Waals surface area contributed by atoms with Crippen molar-refractivity contribution in [1.82, 2.24) is 9.97 Å². The zero-order valence-corrected chi connectivity index (χ0v) is 11.3. The van der Waals surface area contributed by atoms with Gasteiger partial charge >= 0.3 is 0 Å². The van der Waals surface area contributed by atoms with Gasteiger partial charge in [-0.3, -0.25) is 0 Å². The number of anilines is 1. The van der Waals surface area contributed by atoms with E-state index < -0.39 is 0 Å². The van der Waals surface area contributed by atoms with Crippen molar-refractivity contribution < 1.29 is 9.84 Å². The van der Waals surface area contributed by atoms with Crippen LogP contribution in [0.25, 0.3) is 0 Å². The molecule has 18 heavy (non-hydrogen) atoms. The van der Waals surface area contributed by atoms with Crippen molar-refractivity contribution in [3.63, 3.8) is 0 Å². The minimum Gasteiger partial charge on any atom is -0.394 e. The number of nitrogens with zero attached hydrogens (tertiary/aromatic N) is 3. The Bertz CT molecular complexity index is 411. The van der Waals surface area contributed by atoms with E-state index in [0.717, 1.165) is 23.8 Å². The molecule has 1 saturated heterocycles. The third kappa shape index (κ3) is 2.79. The number of hydrogen-bond acceptors (Lipinski definition) is 5. The summed E-state index contributed by atoms with van der Waals surface area (Å²) in [6, 6.07) is 2.30. The van der Waals surface area contributed by atoms with Crippen LogP contribution in [-0.2, 0) is 11.2 Å². The van der Waals surface area contributed by atoms with Crippen LogP contribution in [0.4, 0.5) is 5.82 Å². The second-order valence-corrected chi connectivity index (χ2v) is 4.76. The zero-order valence-electron chi connectivity index (χ0n) is 11.3. The minimum absolute atomic E-state index is 0.0495. The highest BCUT2D eigenvalue weighted by Crippen LogP contribution is 2.20. The molecule has 0 saturated carbocycles. The first kappa shape index (κ1) is 13.2. The van der Waals surface area contributed by atoms with Crippen molar-refractivity contribution in [1.29, 1.82) is 0 Å². The average molecular weight is 251 g/mol. The lowest BCUT2D eigenvalue weighted by Gasteiger charge is -2.38. The monoisotopic (exact) mass is 251 g/mol. The van der Waals surface area contributed by atoms with Crippen molar-refractivity contribution in [3.8, 4) is 0 Å². The predicted octanol–water partition coefficient (Wildman–Crippen LogP) is 0.933. The van der Waals surface area contributed by atoms with Crippen molar-refractivity contribution in [2.45, 2.75) is 39.3 Å². The Hall–Kier alpha value is -1.20. The predicted molar refractivity (Wildman–Crippen MR) is 69.8 cm³/mol. The van der Waals surface area contributed by atoms with Gasteiger partial charge in [0.15, 0.2) is 0 Å². The Labute approximate surface area is 108 Å². The van der Waals surface area contributed by atoms with E-state index in [2.05, 4.69) is 28.7 Å². The summed E-state index contributed by atoms with van der Waals surface area (Å²) in [6.45, 7) is 7.46. The Morgan fingerprint density at radius 2 is 2.28 bits per heavy atom. The molecule has 5 heteroatoms. The van der Waals surface area contributed by atoms with Crippen LogP contribution in [0.1, 0.15) is 25.4 Å². The molecule has 0 spiro atoms. The highest BCUT2D eigenvalue weighted by Gasteiger charge is 2.26. The van der Waals surface area contributed by atoms with Crippen molar-refractivity contribution in [2.24, 2.45) is 0 Å². The topological polar surface area (TPSA) is 58.5 Å². The molecule has 2 atom stereocenters. The fourth-order valence-electron chi connectivity index (χ4n) is 2.19. The molecule has 0 aliphatic carbocycles. The summed E-state index contributed by atoms with van der Waals surface area (Å²) in [7, 11) is 0. The highest BCUT2D eigenvalue weighted by atomic mass is 16.5. The van der Waals surface area contributed by atoms with E-state index in [9.17, 15) is 5.11 Å². The molecule has 0 radical (unpaired) electrons. The number of hydrogen-bond donors (Lipinski definition) is 1. The van der Waals surface area contributed by atoms with Crippen molar-refractivity contribution in [2.75, 3.05) is 24.7 Å². The number of morpholine rings is 1. The SMILES string of the molecule is CCc1cc(N2CC(CO)OCC2C)nc(C)n1. The lowest BCUT2D eigenvalue weighted by Crippen LogP contribution is -2.50. The first-order valence-electron chi connectivity index (χ1n) is 6.47. The standard InChI is InChI=1S/C13H21N3O2/c1-4-11-5-13(15-10(3)14-11)16-6-12(7-17)18-8-9(16)2/h5,9,12,17H,4,6-8H2,1-3H3. The lowest BCUT2D eigenvalue weighted by molar-refractivity contribution is -0.0105. The van der Waals surface area contributed by atoms with Gasteiger partial charge in [0, 0.05) is 18.3 Å². The van der Waals surface area contributed by atoms with Crippen LogP contribution in [-0.4, -0.2) is 47.0 Å². The Balaban J connectivity index is 2.25. The van der Waals surface area contributed by atoms with E-state index in [-0.39, 0.29) is 18.8 Å². The molecule has 2 heterocycles. The fraction of sp³-hybridized carbons (Fsp3) is 0.692. The highest BCUT2D eigenvalue weighted by molar-refractivity contribution is 5.41. The number of aryl methyl sites for hydroxylation is 2. The average Bonchev–Trinajstić information content (AvgIpc) is 2.38. The number of rotatable bonds is 3. The fourth-order valence-corrected chi connectivity index (χ4v) is 2.19. The van der Waals surface area contributed by atoms with Crippen LogP contribution in [0.3, 0.4) is 0 Å². The summed E-state index contributed by atoms with van der Waals surface area (Å²) in [5, 5.41) is 9.21. The molecular formula is C13H21N3O2. The molecule has 5 nitrogen and oxygen atoms in total. The minimum atomic E-state index is -0.124. The van der Waals surface area contributed by atoms with Crippen LogP contribution in [0, 0.1) is 6.92 Å². The first-order chi connectivity index (χ1) is 8.63. The van der Waals surface area contributed by atoms with Crippen molar-refractivity contribution >= 4 is 5.82 Å². The summed E-state index contributed by atoms with van der Waals surface area (Å²) in [5.74, 6) is 1.73. The van der Waals surface area contributed by atoms with Gasteiger partial charge in [-0.15, -0.1) is 0 Å². The van der Waals surface area contributed by atoms with E-state index >= 15 is 0 Å². The smallest absolute Gasteiger partial charge is 0.132 e. The third-order valence-electron chi connectivity index (χ3n) is 3.24. The van der Waals surface area contributed by atoms with Gasteiger partial charge in [-0.2, -0.15) is 0 Å². The van der Waals surface area contributed by atoms with Gasteiger partial charge in [0.25, 0.3) is 0 Å². The molecule has 1 aromatic heterocycles. The number of ether oxygens (including phenoxy) is 1. The second kappa shape index (κ2) is 5.63. The van der Waals surface area contributed by atoms with E-state index in [0.29, 0.717) is 13.2 Å². The molecule has 1 fully saturated rings. The Kier molecular flexibility index (Phi) is 4.14. The number of aliphatic hydroxyl groups is 1. The van der Waals surface area contributed by atoms with E-state index in [1.165, 1.54) is 0 Å². The quantitative estimate of drug-likeness (QED) is 0.866. The summed E-state index contributed by atoms with van der Waals surface area (Å²) < 4.78 is 5.54. The molecule has 1 aliphatic rings. The van der Waals surface area contributed by atoms with E-state index in [1.807, 2.05) is 13.0 Å². The third-order valence-corrected chi connectivity index (χ3v) is 3.24. The zero-order chi connectivity index (χ0) is 13.1. The van der Waals surface area contributed by atoms with Crippen LogP contribution >= 0.6 is 0 Å².